The molecule has 0 aliphatic heterocycles. The Kier molecular flexibility index (Phi) is 7.51. The molecule has 0 saturated heterocycles. The highest BCUT2D eigenvalue weighted by Gasteiger charge is 2.30. The molecule has 0 spiro atoms. The van der Waals surface area contributed by atoms with Crippen molar-refractivity contribution < 1.29 is 27.1 Å². The molecule has 10 heteroatoms. The van der Waals surface area contributed by atoms with Crippen molar-refractivity contribution in [3.8, 4) is 0 Å². The number of fused-ring (bicyclic) bond motifs is 1. The molecule has 3 aromatic carbocycles. The van der Waals surface area contributed by atoms with Crippen LogP contribution in [0.1, 0.15) is 34.0 Å². The molecule has 0 bridgehead atoms. The molecule has 0 aliphatic rings. The molecule has 0 aliphatic carbocycles. The van der Waals surface area contributed by atoms with Gasteiger partial charge in [0.1, 0.15) is 5.82 Å². The summed E-state index contributed by atoms with van der Waals surface area (Å²) in [6, 6.07) is 14.4. The quantitative estimate of drug-likeness (QED) is 0.132. The Bertz CT molecular complexity index is 1370. The lowest BCUT2D eigenvalue weighted by molar-refractivity contribution is -0.137. The van der Waals surface area contributed by atoms with Gasteiger partial charge in [0, 0.05) is 10.2 Å². The smallest absolute Gasteiger partial charge is 0.416 e. The van der Waals surface area contributed by atoms with Crippen LogP contribution in [0, 0.1) is 5.82 Å². The molecule has 0 N–H and O–H groups in total. The average molecular weight is 567 g/mol. The Morgan fingerprint density at radius 3 is 2.51 bits per heavy atom. The molecular weight excluding hydrogens is 548 g/mol. The molecule has 0 radical (unpaired) electrons. The lowest BCUT2D eigenvalue weighted by Gasteiger charge is -2.12. The van der Waals surface area contributed by atoms with E-state index in [4.69, 9.17) is 4.74 Å². The number of hydrogen-bond donors (Lipinski definition) is 0. The molecule has 4 aromatic rings. The van der Waals surface area contributed by atoms with Gasteiger partial charge < -0.3 is 9.30 Å². The van der Waals surface area contributed by atoms with Crippen LogP contribution in [0.15, 0.2) is 70.3 Å². The lowest BCUT2D eigenvalue weighted by Crippen LogP contribution is -2.06. The predicted octanol–water partition coefficient (Wildman–Crippen LogP) is 7.47. The van der Waals surface area contributed by atoms with E-state index in [1.807, 2.05) is 4.57 Å². The van der Waals surface area contributed by atoms with Gasteiger partial charge in [-0.25, -0.2) is 14.2 Å². The minimum absolute atomic E-state index is 0.239. The van der Waals surface area contributed by atoms with Gasteiger partial charge in [-0.1, -0.05) is 39.8 Å². The van der Waals surface area contributed by atoms with E-state index >= 15 is 0 Å². The van der Waals surface area contributed by atoms with Gasteiger partial charge in [0.05, 0.1) is 35.3 Å². The zero-order valence-corrected chi connectivity index (χ0v) is 20.8. The van der Waals surface area contributed by atoms with Crippen molar-refractivity contribution >= 4 is 44.7 Å². The van der Waals surface area contributed by atoms with Gasteiger partial charge in [0.2, 0.25) is 0 Å². The summed E-state index contributed by atoms with van der Waals surface area (Å²) in [6.07, 6.45) is -4.41. The number of thioether (sulfide) groups is 1. The molecule has 1 aromatic heterocycles. The van der Waals surface area contributed by atoms with Crippen LogP contribution in [0.5, 0.6) is 0 Å². The first-order valence-corrected chi connectivity index (χ1v) is 12.3. The van der Waals surface area contributed by atoms with E-state index in [-0.39, 0.29) is 19.0 Å². The molecule has 4 rings (SSSR count). The predicted molar refractivity (Wildman–Crippen MR) is 130 cm³/mol. The number of nitrogens with zero attached hydrogens (tertiary/aromatic N) is 2. The number of hydrogen-bond acceptors (Lipinski definition) is 4. The summed E-state index contributed by atoms with van der Waals surface area (Å²) in [5.41, 5.74) is 2.27. The van der Waals surface area contributed by atoms with Crippen LogP contribution in [0.25, 0.3) is 11.0 Å². The summed E-state index contributed by atoms with van der Waals surface area (Å²) < 4.78 is 60.3. The number of carbonyl (C=O) groups excluding carboxylic acids is 1. The largest absolute Gasteiger partial charge is 0.462 e. The Morgan fingerprint density at radius 1 is 1.09 bits per heavy atom. The molecule has 0 fully saturated rings. The fourth-order valence-corrected chi connectivity index (χ4v) is 5.07. The maximum atomic E-state index is 13.7. The first-order valence-electron chi connectivity index (χ1n) is 10.6. The van der Waals surface area contributed by atoms with E-state index in [0.29, 0.717) is 33.1 Å². The van der Waals surface area contributed by atoms with Crippen LogP contribution < -0.4 is 0 Å². The van der Waals surface area contributed by atoms with Crippen molar-refractivity contribution in [1.29, 1.82) is 0 Å². The number of aromatic nitrogens is 2. The summed E-state index contributed by atoms with van der Waals surface area (Å²) in [5, 5.41) is 0.581. The molecule has 0 unspecified atom stereocenters. The van der Waals surface area contributed by atoms with Crippen molar-refractivity contribution in [2.24, 2.45) is 0 Å². The van der Waals surface area contributed by atoms with Gasteiger partial charge in [0.15, 0.2) is 5.16 Å². The topological polar surface area (TPSA) is 44.1 Å². The van der Waals surface area contributed by atoms with E-state index < -0.39 is 17.7 Å². The van der Waals surface area contributed by atoms with Gasteiger partial charge in [-0.2, -0.15) is 13.2 Å². The molecule has 182 valence electrons. The monoisotopic (exact) mass is 566 g/mol. The summed E-state index contributed by atoms with van der Waals surface area (Å²) in [7, 11) is 0. The summed E-state index contributed by atoms with van der Waals surface area (Å²) in [6.45, 7) is 2.22. The number of imidazole rings is 1. The van der Waals surface area contributed by atoms with Gasteiger partial charge in [-0.05, 0) is 66.6 Å². The number of ether oxygens (including phenoxy) is 1. The Hall–Kier alpha value is -2.85. The molecule has 0 saturated carbocycles. The third-order valence-electron chi connectivity index (χ3n) is 5.21. The molecule has 0 amide bonds. The van der Waals surface area contributed by atoms with Crippen LogP contribution in [-0.4, -0.2) is 22.1 Å². The number of alkyl halides is 3. The van der Waals surface area contributed by atoms with Gasteiger partial charge in [-0.3, -0.25) is 0 Å². The highest BCUT2D eigenvalue weighted by atomic mass is 79.9. The first-order chi connectivity index (χ1) is 16.7. The normalized spacial score (nSPS) is 11.7. The summed E-state index contributed by atoms with van der Waals surface area (Å²) in [5.74, 6) is -0.426. The van der Waals surface area contributed by atoms with Crippen molar-refractivity contribution in [2.45, 2.75) is 30.6 Å². The summed E-state index contributed by atoms with van der Waals surface area (Å²) >= 11 is 4.78. The fraction of sp³-hybridized carbons (Fsp3) is 0.200. The third kappa shape index (κ3) is 5.87. The van der Waals surface area contributed by atoms with Crippen molar-refractivity contribution in [1.82, 2.24) is 9.55 Å². The zero-order chi connectivity index (χ0) is 25.2. The van der Waals surface area contributed by atoms with Crippen molar-refractivity contribution in [2.75, 3.05) is 6.61 Å². The zero-order valence-electron chi connectivity index (χ0n) is 18.4. The molecule has 4 nitrogen and oxygen atoms in total. The first kappa shape index (κ1) is 25.2. The van der Waals surface area contributed by atoms with Crippen LogP contribution in [0.4, 0.5) is 17.6 Å². The minimum atomic E-state index is -4.41. The number of halogens is 5. The Balaban J connectivity index is 1.70. The Morgan fingerprint density at radius 2 is 1.83 bits per heavy atom. The van der Waals surface area contributed by atoms with Crippen LogP contribution in [0.3, 0.4) is 0 Å². The SMILES string of the molecule is CCOC(=O)c1ccc2c(c1)nc(SCc1cc(F)ccc1Br)n2Cc1ccc(C(F)(F)F)cc1. The van der Waals surface area contributed by atoms with Gasteiger partial charge in [-0.15, -0.1) is 0 Å². The van der Waals surface area contributed by atoms with E-state index in [9.17, 15) is 22.4 Å². The highest BCUT2D eigenvalue weighted by Crippen LogP contribution is 2.32. The number of rotatable bonds is 7. The Labute approximate surface area is 211 Å². The standard InChI is InChI=1S/C25H19BrF4N2O2S/c1-2-34-23(33)16-5-10-22-21(12-16)31-24(35-14-17-11-19(27)8-9-20(17)26)32(22)13-15-3-6-18(7-4-15)25(28,29)30/h3-12H,2,13-14H2,1H3. The fourth-order valence-electron chi connectivity index (χ4n) is 3.49. The third-order valence-corrected chi connectivity index (χ3v) is 7.01. The van der Waals surface area contributed by atoms with Crippen molar-refractivity contribution in [3.63, 3.8) is 0 Å². The number of benzene rings is 3. The minimum Gasteiger partial charge on any atom is -0.462 e. The van der Waals surface area contributed by atoms with E-state index in [1.165, 1.54) is 36.0 Å². The second-order valence-corrected chi connectivity index (χ2v) is 9.42. The number of esters is 1. The van der Waals surface area contributed by atoms with E-state index in [1.54, 1.807) is 31.2 Å². The molecule has 0 atom stereocenters. The number of carbonyl (C=O) groups is 1. The second kappa shape index (κ2) is 10.4. The van der Waals surface area contributed by atoms with E-state index in [2.05, 4.69) is 20.9 Å². The summed E-state index contributed by atoms with van der Waals surface area (Å²) in [4.78, 5) is 16.8. The van der Waals surface area contributed by atoms with Crippen molar-refractivity contribution in [3.05, 3.63) is 93.2 Å². The van der Waals surface area contributed by atoms with Crippen LogP contribution >= 0.6 is 27.7 Å². The molecular formula is C25H19BrF4N2O2S. The van der Waals surface area contributed by atoms with Gasteiger partial charge in [0.25, 0.3) is 0 Å². The van der Waals surface area contributed by atoms with E-state index in [0.717, 1.165) is 22.2 Å². The average Bonchev–Trinajstić information content (AvgIpc) is 3.16. The maximum absolute atomic E-state index is 13.7. The lowest BCUT2D eigenvalue weighted by atomic mass is 10.1. The molecule has 35 heavy (non-hydrogen) atoms. The van der Waals surface area contributed by atoms with Gasteiger partial charge >= 0.3 is 12.1 Å². The molecule has 1 heterocycles. The highest BCUT2D eigenvalue weighted by molar-refractivity contribution is 9.10. The second-order valence-electron chi connectivity index (χ2n) is 7.62. The van der Waals surface area contributed by atoms with Crippen LogP contribution in [0.2, 0.25) is 0 Å². The van der Waals surface area contributed by atoms with Crippen LogP contribution in [-0.2, 0) is 23.2 Å². The maximum Gasteiger partial charge on any atom is 0.416 e.